The van der Waals surface area contributed by atoms with Gasteiger partial charge in [-0.1, -0.05) is 18.0 Å². The molecule has 3 atom stereocenters. The Bertz CT molecular complexity index is 1900. The first kappa shape index (κ1) is 29.2. The van der Waals surface area contributed by atoms with E-state index in [1.54, 1.807) is 29.3 Å². The molecule has 10 nitrogen and oxygen atoms in total. The van der Waals surface area contributed by atoms with Gasteiger partial charge in [-0.05, 0) is 85.5 Å². The number of anilines is 2. The number of pyridine rings is 2. The Morgan fingerprint density at radius 1 is 1.07 bits per heavy atom. The first-order valence-electron chi connectivity index (χ1n) is 15.1. The number of hydrogen-bond acceptors (Lipinski definition) is 7. The van der Waals surface area contributed by atoms with Crippen LogP contribution in [0.25, 0.3) is 22.0 Å². The van der Waals surface area contributed by atoms with Crippen molar-refractivity contribution in [3.63, 3.8) is 0 Å². The van der Waals surface area contributed by atoms with Crippen LogP contribution >= 0.6 is 11.6 Å². The average molecular weight is 632 g/mol. The zero-order valence-electron chi connectivity index (χ0n) is 24.2. The monoisotopic (exact) mass is 631 g/mol. The molecule has 1 saturated heterocycles. The van der Waals surface area contributed by atoms with Crippen LogP contribution in [0.3, 0.4) is 0 Å². The maximum absolute atomic E-state index is 15.5. The molecule has 3 aliphatic heterocycles. The van der Waals surface area contributed by atoms with Gasteiger partial charge in [0.25, 0.3) is 0 Å². The second-order valence-electron chi connectivity index (χ2n) is 11.9. The fourth-order valence-electron chi connectivity index (χ4n) is 6.88. The molecule has 5 heterocycles. The Hall–Kier alpha value is -4.48. The molecule has 2 aromatic carbocycles. The number of fused-ring (bicyclic) bond motifs is 7. The lowest BCUT2D eigenvalue weighted by Crippen LogP contribution is -2.54. The zero-order valence-corrected chi connectivity index (χ0v) is 25.0. The van der Waals surface area contributed by atoms with Crippen molar-refractivity contribution in [2.24, 2.45) is 0 Å². The molecule has 1 spiro atoms. The first-order chi connectivity index (χ1) is 21.7. The van der Waals surface area contributed by atoms with Gasteiger partial charge in [0.1, 0.15) is 6.23 Å². The van der Waals surface area contributed by atoms with E-state index < -0.39 is 29.7 Å². The fourth-order valence-corrected chi connectivity index (χ4v) is 7.04. The molecule has 0 saturated carbocycles. The van der Waals surface area contributed by atoms with E-state index in [1.165, 1.54) is 12.1 Å². The molecule has 45 heavy (non-hydrogen) atoms. The topological polar surface area (TPSA) is 137 Å². The van der Waals surface area contributed by atoms with Gasteiger partial charge in [0.05, 0.1) is 39.9 Å². The second-order valence-corrected chi connectivity index (χ2v) is 12.3. The number of aliphatic hydroxyl groups is 1. The van der Waals surface area contributed by atoms with Gasteiger partial charge in [0.2, 0.25) is 11.5 Å². The molecule has 4 aromatic rings. The minimum absolute atomic E-state index is 0.0185. The molecule has 7 rings (SSSR count). The lowest BCUT2D eigenvalue weighted by Gasteiger charge is -2.45. The fraction of sp³-hybridized carbons (Fsp3) is 0.333. The quantitative estimate of drug-likeness (QED) is 0.207. The van der Waals surface area contributed by atoms with Crippen molar-refractivity contribution >= 4 is 45.9 Å². The number of piperidine rings is 1. The van der Waals surface area contributed by atoms with E-state index in [-0.39, 0.29) is 34.3 Å². The Morgan fingerprint density at radius 2 is 1.91 bits per heavy atom. The predicted molar refractivity (Wildman–Crippen MR) is 168 cm³/mol. The number of likely N-dealkylation sites (tertiary alicyclic amines) is 1. The summed E-state index contributed by atoms with van der Waals surface area (Å²) in [5.41, 5.74) is 2.26. The molecular weight excluding hydrogens is 601 g/mol. The summed E-state index contributed by atoms with van der Waals surface area (Å²) in [5.74, 6) is -1.48. The lowest BCUT2D eigenvalue weighted by molar-refractivity contribution is -0.141. The maximum atomic E-state index is 15.5. The van der Waals surface area contributed by atoms with Crippen molar-refractivity contribution < 1.29 is 23.8 Å². The highest BCUT2D eigenvalue weighted by Gasteiger charge is 2.49. The van der Waals surface area contributed by atoms with Gasteiger partial charge in [0, 0.05) is 30.1 Å². The number of aromatic nitrogens is 2. The molecule has 232 valence electrons. The molecule has 0 radical (unpaired) electrons. The Morgan fingerprint density at radius 3 is 2.78 bits per heavy atom. The number of carbonyl (C=O) groups excluding carboxylic acids is 2. The summed E-state index contributed by atoms with van der Waals surface area (Å²) >= 11 is 6.15. The van der Waals surface area contributed by atoms with Crippen LogP contribution in [-0.4, -0.2) is 51.3 Å². The smallest absolute Gasteiger partial charge is 0.412 e. The number of benzene rings is 2. The van der Waals surface area contributed by atoms with Crippen LogP contribution in [0.15, 0.2) is 59.5 Å². The van der Waals surface area contributed by atoms with Gasteiger partial charge < -0.3 is 25.0 Å². The molecule has 4 N–H and O–H groups in total. The standard InChI is InChI=1S/C33H31ClFN5O5/c34-22-7-8-23-29(30(22)35)33(45-32(44)39-23)11-3-13-40(17-33)31(43)20-4-1-2-5-27(41)38-26-16-24-19(6-9-28(42)37-24)14-21(26)18-10-12-36-25(20)15-18/h6-10,12,14-16,20,27,38,41H,1-5,11,13,17H2,(H,37,42)(H,39,44)/t20?,27?,33-/m0/s1. The highest BCUT2D eigenvalue weighted by Crippen LogP contribution is 2.46. The van der Waals surface area contributed by atoms with Crippen LogP contribution in [0.2, 0.25) is 5.02 Å². The highest BCUT2D eigenvalue weighted by atomic mass is 35.5. The van der Waals surface area contributed by atoms with E-state index >= 15 is 4.39 Å². The van der Waals surface area contributed by atoms with Crippen LogP contribution in [0.1, 0.15) is 55.7 Å². The number of carbonyl (C=O) groups is 2. The van der Waals surface area contributed by atoms with E-state index in [0.717, 1.165) is 16.5 Å². The number of halogens is 2. The second kappa shape index (κ2) is 11.5. The molecule has 2 unspecified atom stereocenters. The summed E-state index contributed by atoms with van der Waals surface area (Å²) in [6.07, 6.45) is 3.15. The number of aliphatic hydroxyl groups excluding tert-OH is 1. The molecule has 1 fully saturated rings. The van der Waals surface area contributed by atoms with Crippen molar-refractivity contribution in [3.05, 3.63) is 87.2 Å². The van der Waals surface area contributed by atoms with Gasteiger partial charge in [-0.2, -0.15) is 0 Å². The molecule has 2 bridgehead atoms. The third kappa shape index (κ3) is 5.40. The van der Waals surface area contributed by atoms with E-state index in [9.17, 15) is 19.5 Å². The van der Waals surface area contributed by atoms with Crippen molar-refractivity contribution in [1.29, 1.82) is 0 Å². The van der Waals surface area contributed by atoms with Crippen molar-refractivity contribution in [1.82, 2.24) is 14.9 Å². The summed E-state index contributed by atoms with van der Waals surface area (Å²) in [4.78, 5) is 48.1. The number of ether oxygens (including phenoxy) is 1. The number of amides is 2. The number of H-pyrrole nitrogens is 1. The van der Waals surface area contributed by atoms with Gasteiger partial charge in [-0.3, -0.25) is 19.9 Å². The van der Waals surface area contributed by atoms with Crippen LogP contribution in [0, 0.1) is 5.82 Å². The minimum Gasteiger partial charge on any atom is -0.436 e. The highest BCUT2D eigenvalue weighted by molar-refractivity contribution is 6.31. The number of rotatable bonds is 1. The summed E-state index contributed by atoms with van der Waals surface area (Å²) in [5, 5.41) is 17.3. The summed E-state index contributed by atoms with van der Waals surface area (Å²) in [6, 6.07) is 13.6. The van der Waals surface area contributed by atoms with Crippen molar-refractivity contribution in [2.45, 2.75) is 56.3 Å². The van der Waals surface area contributed by atoms with Gasteiger partial charge in [0.15, 0.2) is 11.4 Å². The first-order valence-corrected chi connectivity index (χ1v) is 15.4. The van der Waals surface area contributed by atoms with Crippen molar-refractivity contribution in [3.8, 4) is 11.1 Å². The van der Waals surface area contributed by atoms with E-state index in [4.69, 9.17) is 16.3 Å². The Labute approximate surface area is 262 Å². The largest absolute Gasteiger partial charge is 0.436 e. The van der Waals surface area contributed by atoms with Gasteiger partial charge in [-0.25, -0.2) is 9.18 Å². The van der Waals surface area contributed by atoms with Crippen LogP contribution in [0.5, 0.6) is 0 Å². The molecule has 12 heteroatoms. The van der Waals surface area contributed by atoms with Gasteiger partial charge in [-0.15, -0.1) is 0 Å². The third-order valence-electron chi connectivity index (χ3n) is 8.99. The van der Waals surface area contributed by atoms with Crippen molar-refractivity contribution in [2.75, 3.05) is 23.7 Å². The SMILES string of the molecule is O=C1Nc2ccc(Cl)c(F)c2[C@@]2(CCCN(C(=O)C3CCCCC(O)Nc4cc5[nH]c(=O)ccc5cc4-c4ccnc3c4)C2)O1. The van der Waals surface area contributed by atoms with Crippen LogP contribution in [-0.2, 0) is 15.1 Å². The Kier molecular flexibility index (Phi) is 7.45. The minimum atomic E-state index is -1.38. The average Bonchev–Trinajstić information content (AvgIpc) is 3.01. The summed E-state index contributed by atoms with van der Waals surface area (Å²) in [6.45, 7) is 0.393. The predicted octanol–water partition coefficient (Wildman–Crippen LogP) is 5.85. The number of aromatic amines is 1. The zero-order chi connectivity index (χ0) is 31.3. The number of nitrogens with zero attached hydrogens (tertiary/aromatic N) is 2. The number of hydrogen-bond donors (Lipinski definition) is 4. The normalized spacial score (nSPS) is 23.1. The van der Waals surface area contributed by atoms with Crippen LogP contribution in [0.4, 0.5) is 20.6 Å². The molecular formula is C33H31ClFN5O5. The summed E-state index contributed by atoms with van der Waals surface area (Å²) < 4.78 is 21.2. The van der Waals surface area contributed by atoms with Gasteiger partial charge >= 0.3 is 6.09 Å². The molecule has 2 aromatic heterocycles. The van der Waals surface area contributed by atoms with Crippen LogP contribution < -0.4 is 16.2 Å². The van der Waals surface area contributed by atoms with E-state index in [2.05, 4.69) is 20.6 Å². The maximum Gasteiger partial charge on any atom is 0.412 e. The molecule has 0 aliphatic carbocycles. The molecule has 2 amide bonds. The number of nitrogens with one attached hydrogen (secondary N) is 3. The molecule has 3 aliphatic rings. The lowest BCUT2D eigenvalue weighted by atomic mass is 9.82. The third-order valence-corrected chi connectivity index (χ3v) is 9.29. The summed E-state index contributed by atoms with van der Waals surface area (Å²) in [7, 11) is 0. The van der Waals surface area contributed by atoms with E-state index in [0.29, 0.717) is 62.0 Å². The van der Waals surface area contributed by atoms with E-state index in [1.807, 2.05) is 18.2 Å². The Balaban J connectivity index is 1.27.